The van der Waals surface area contributed by atoms with Crippen molar-refractivity contribution >= 4 is 21.7 Å². The molecule has 5 aliphatic heterocycles. The van der Waals surface area contributed by atoms with E-state index < -0.39 is 9.84 Å². The highest BCUT2D eigenvalue weighted by molar-refractivity contribution is 7.90. The zero-order valence-corrected chi connectivity index (χ0v) is 63.4. The largest absolute Gasteiger partial charge is 0.466 e. The van der Waals surface area contributed by atoms with Gasteiger partial charge in [-0.15, -0.1) is 0 Å². The molecule has 5 saturated heterocycles. The second-order valence-electron chi connectivity index (χ2n) is 25.1. The van der Waals surface area contributed by atoms with Crippen LogP contribution in [-0.2, 0) is 51.2 Å². The molecule has 5 aliphatic rings. The number of hydrogen-bond donors (Lipinski definition) is 0. The van der Waals surface area contributed by atoms with Crippen LogP contribution in [0.3, 0.4) is 0 Å². The number of nitrogens with zero attached hydrogens (tertiary/aromatic N) is 6. The number of aryl methyl sites for hydroxylation is 2. The number of carbonyl (C=O) groups excluding carboxylic acids is 2. The standard InChI is InChI=1S/C8H17N.C8H10.C7H13NO.C7H15N.C7H9N.C7H14O.C6H13NO.C6H14.C5H13N.C5H10O2.C4H10O2S.C4H10O.12CH4/c1-3-8-4-6-9(2)7-5-8;1-2-8-6-4-3-5-7-8;1-2-5-8-6-3-4-7(8)9;1-3-7-5-4-6-8(7)2;1-2-7-4-3-5-8-6-7;2*1-2-7-3-5-8-6-4-7;1-5-6(2,3)4;1-4-5-6(2)3;1-3-4-7-5(2)6;1-3-4-7(2,5)6;1-3-4-5-2;;;;;;;;;;;;/h8H,3-7H2,1-2H3;3-7H,2H2,1H3;2-6H2,1H3;7H,3-6H2,1-2H3;3-6H,2H2,1H3;7H,2-6H2,1H3;2-6H2,1H3;5H2,1-4H3;4-5H2,1-3H3;2*3-4H2,1-2H3;3-4H2,1-2H3;12*1H4. The molecule has 1 aromatic heterocycles. The van der Waals surface area contributed by atoms with Crippen molar-refractivity contribution in [2.24, 2.45) is 17.3 Å². The van der Waals surface area contributed by atoms with Gasteiger partial charge in [0.1, 0.15) is 9.84 Å². The van der Waals surface area contributed by atoms with E-state index in [0.717, 1.165) is 128 Å². The fourth-order valence-corrected chi connectivity index (χ4v) is 9.58. The monoisotopic (exact) mass is 1470 g/mol. The number of methoxy groups -OCH3 is 1. The van der Waals surface area contributed by atoms with Crippen molar-refractivity contribution in [3.8, 4) is 0 Å². The van der Waals surface area contributed by atoms with E-state index in [0.29, 0.717) is 23.7 Å². The third-order valence-corrected chi connectivity index (χ3v) is 16.4. The first kappa shape index (κ1) is 141. The molecule has 6 heterocycles. The number of morpholine rings is 1. The van der Waals surface area contributed by atoms with Gasteiger partial charge < -0.3 is 38.5 Å². The smallest absolute Gasteiger partial charge is 0.302 e. The van der Waals surface area contributed by atoms with Crippen LogP contribution in [0.2, 0.25) is 0 Å². The van der Waals surface area contributed by atoms with E-state index >= 15 is 0 Å². The van der Waals surface area contributed by atoms with Crippen LogP contribution in [0, 0.1) is 17.3 Å². The Bertz CT molecular complexity index is 1780. The lowest BCUT2D eigenvalue weighted by atomic mass is 9.94. The summed E-state index contributed by atoms with van der Waals surface area (Å²) in [6, 6.07) is 15.4. The average molecular weight is 1470 g/mol. The van der Waals surface area contributed by atoms with Crippen molar-refractivity contribution in [2.45, 2.75) is 328 Å². The van der Waals surface area contributed by atoms with Crippen LogP contribution in [0.25, 0.3) is 0 Å². The Morgan fingerprint density at radius 1 is 0.594 bits per heavy atom. The molecule has 1 atom stereocenters. The molecule has 2 aromatic rings. The van der Waals surface area contributed by atoms with E-state index in [1.807, 2.05) is 37.1 Å². The summed E-state index contributed by atoms with van der Waals surface area (Å²) in [5.41, 5.74) is 3.25. The van der Waals surface area contributed by atoms with E-state index in [1.54, 1.807) is 13.3 Å². The van der Waals surface area contributed by atoms with Crippen LogP contribution in [0.4, 0.5) is 0 Å². The number of sulfone groups is 1. The first-order chi connectivity index (χ1) is 42.3. The highest BCUT2D eigenvalue weighted by Gasteiger charge is 2.19. The van der Waals surface area contributed by atoms with E-state index in [2.05, 4.69) is 178 Å². The average Bonchev–Trinajstić information content (AvgIpc) is 1.87. The summed E-state index contributed by atoms with van der Waals surface area (Å²) in [5, 5.41) is 0. The molecular formula is C86H196N6O8S. The Labute approximate surface area is 641 Å². The number of aromatic nitrogens is 1. The first-order valence-electron chi connectivity index (χ1n) is 35.2. The minimum atomic E-state index is -2.67. The van der Waals surface area contributed by atoms with Gasteiger partial charge in [-0.1, -0.05) is 249 Å². The van der Waals surface area contributed by atoms with Crippen molar-refractivity contribution in [2.75, 3.05) is 146 Å². The maximum atomic E-state index is 10.9. The molecular weight excluding hydrogens is 1280 g/mol. The predicted molar refractivity (Wildman–Crippen MR) is 467 cm³/mol. The fourth-order valence-electron chi connectivity index (χ4n) is 8.84. The molecule has 14 nitrogen and oxygen atoms in total. The third-order valence-electron chi connectivity index (χ3n) is 15.3. The lowest BCUT2D eigenvalue weighted by molar-refractivity contribution is -0.141. The highest BCUT2D eigenvalue weighted by Crippen LogP contribution is 2.19. The van der Waals surface area contributed by atoms with Crippen LogP contribution in [0.1, 0.15) is 320 Å². The summed E-state index contributed by atoms with van der Waals surface area (Å²) in [4.78, 5) is 36.2. The third kappa shape index (κ3) is 108. The number of carbonyl (C=O) groups is 2. The summed E-state index contributed by atoms with van der Waals surface area (Å²) in [7, 11) is 7.65. The minimum absolute atomic E-state index is 0. The lowest BCUT2D eigenvalue weighted by Crippen LogP contribution is -2.35. The maximum absolute atomic E-state index is 10.9. The molecule has 1 unspecified atom stereocenters. The minimum Gasteiger partial charge on any atom is -0.466 e. The molecule has 0 N–H and O–H groups in total. The Hall–Kier alpha value is -3.02. The summed E-state index contributed by atoms with van der Waals surface area (Å²) < 4.78 is 40.1. The van der Waals surface area contributed by atoms with Gasteiger partial charge in [0.15, 0.2) is 0 Å². The van der Waals surface area contributed by atoms with Crippen LogP contribution >= 0.6 is 0 Å². The van der Waals surface area contributed by atoms with Crippen LogP contribution in [0.15, 0.2) is 54.9 Å². The Kier molecular flexibility index (Phi) is 141. The normalized spacial score (nSPS) is 14.7. The zero-order chi connectivity index (χ0) is 68.6. The number of benzene rings is 1. The number of rotatable bonds is 16. The van der Waals surface area contributed by atoms with E-state index in [-0.39, 0.29) is 95.1 Å². The molecule has 624 valence electrons. The molecule has 1 aromatic carbocycles. The number of hydrogen-bond acceptors (Lipinski definition) is 13. The van der Waals surface area contributed by atoms with Gasteiger partial charge in [0.05, 0.1) is 19.8 Å². The van der Waals surface area contributed by atoms with Gasteiger partial charge >= 0.3 is 5.97 Å². The predicted octanol–water partition coefficient (Wildman–Crippen LogP) is 23.8. The van der Waals surface area contributed by atoms with Gasteiger partial charge in [0.25, 0.3) is 0 Å². The molecule has 0 saturated carbocycles. The molecule has 101 heavy (non-hydrogen) atoms. The topological polar surface area (TPSA) is 134 Å². The van der Waals surface area contributed by atoms with Gasteiger partial charge in [-0.2, -0.15) is 0 Å². The highest BCUT2D eigenvalue weighted by atomic mass is 32.2. The van der Waals surface area contributed by atoms with Crippen molar-refractivity contribution in [1.82, 2.24) is 29.5 Å². The summed E-state index contributed by atoms with van der Waals surface area (Å²) in [5.74, 6) is 2.45. The van der Waals surface area contributed by atoms with Crippen LogP contribution in [0.5, 0.6) is 0 Å². The summed E-state index contributed by atoms with van der Waals surface area (Å²) in [6.07, 6.45) is 27.7. The number of pyridine rings is 1. The van der Waals surface area contributed by atoms with Crippen LogP contribution in [-0.4, -0.2) is 202 Å². The second kappa shape index (κ2) is 101. The van der Waals surface area contributed by atoms with Crippen LogP contribution < -0.4 is 0 Å². The molecule has 5 fully saturated rings. The van der Waals surface area contributed by atoms with Crippen molar-refractivity contribution in [3.63, 3.8) is 0 Å². The molecule has 0 aliphatic carbocycles. The SMILES string of the molecule is C.C.C.C.C.C.C.C.C.C.C.C.CCC(C)(C)C.CCC1CCCN1C.CCC1CCN(C)CC1.CCC1CCOCC1.CCCN(C)C.CCCN1CCCC1=O.CCCOC.CCCOC(C)=O.CCCS(C)(=O)=O.CCN1CCOCC1.CCc1ccccc1.CCc1cccnc1. The van der Waals surface area contributed by atoms with Crippen molar-refractivity contribution in [3.05, 3.63) is 66.0 Å². The fraction of sp³-hybridized carbons (Fsp3) is 0.849. The van der Waals surface area contributed by atoms with Crippen molar-refractivity contribution < 1.29 is 37.0 Å². The van der Waals surface area contributed by atoms with Gasteiger partial charge in [0, 0.05) is 96.9 Å². The number of likely N-dealkylation sites (tertiary alicyclic amines) is 3. The number of esters is 1. The van der Waals surface area contributed by atoms with Gasteiger partial charge in [-0.25, -0.2) is 8.42 Å². The van der Waals surface area contributed by atoms with E-state index in [9.17, 15) is 18.0 Å². The molecule has 1 amide bonds. The quantitative estimate of drug-likeness (QED) is 0.148. The molecule has 7 rings (SSSR count). The Morgan fingerprint density at radius 3 is 1.30 bits per heavy atom. The number of likely N-dealkylation sites (N-methyl/N-ethyl adjacent to an activating group) is 1. The first-order valence-corrected chi connectivity index (χ1v) is 37.3. The van der Waals surface area contributed by atoms with Gasteiger partial charge in [0.2, 0.25) is 5.91 Å². The summed E-state index contributed by atoms with van der Waals surface area (Å²) >= 11 is 0. The molecule has 15 heteroatoms. The summed E-state index contributed by atoms with van der Waals surface area (Å²) in [6.45, 7) is 49.6. The van der Waals surface area contributed by atoms with E-state index in [1.165, 1.54) is 128 Å². The lowest BCUT2D eigenvalue weighted by Gasteiger charge is -2.27. The Morgan fingerprint density at radius 2 is 1.07 bits per heavy atom. The molecule has 0 bridgehead atoms. The van der Waals surface area contributed by atoms with E-state index in [4.69, 9.17) is 14.2 Å². The number of ether oxygens (including phenoxy) is 4. The molecule has 0 spiro atoms. The number of piperidine rings is 1. The van der Waals surface area contributed by atoms with Gasteiger partial charge in [-0.05, 0) is 192 Å². The maximum Gasteiger partial charge on any atom is 0.302 e. The number of amides is 1. The van der Waals surface area contributed by atoms with Crippen molar-refractivity contribution in [1.29, 1.82) is 0 Å². The van der Waals surface area contributed by atoms with Gasteiger partial charge in [-0.3, -0.25) is 19.5 Å². The zero-order valence-electron chi connectivity index (χ0n) is 62.5. The Balaban J connectivity index is -0.0000000504. The molecule has 0 radical (unpaired) electrons. The second-order valence-corrected chi connectivity index (χ2v) is 27.3.